The fourth-order valence-electron chi connectivity index (χ4n) is 2.81. The van der Waals surface area contributed by atoms with Gasteiger partial charge in [0.25, 0.3) is 5.91 Å². The maximum absolute atomic E-state index is 11.9. The van der Waals surface area contributed by atoms with Crippen LogP contribution in [0.15, 0.2) is 48.5 Å². The first-order valence-electron chi connectivity index (χ1n) is 8.02. The summed E-state index contributed by atoms with van der Waals surface area (Å²) in [4.78, 5) is 16.7. The van der Waals surface area contributed by atoms with Gasteiger partial charge in [0.05, 0.1) is 38.9 Å². The molecule has 0 spiro atoms. The highest BCUT2D eigenvalue weighted by Gasteiger charge is 2.14. The number of aromatic nitrogens is 1. The summed E-state index contributed by atoms with van der Waals surface area (Å²) in [7, 11) is 5.95. The molecule has 2 aromatic carbocycles. The van der Waals surface area contributed by atoms with Gasteiger partial charge in [0.15, 0.2) is 6.54 Å². The van der Waals surface area contributed by atoms with Crippen molar-refractivity contribution in [1.29, 1.82) is 0 Å². The number of fused-ring (bicyclic) bond motifs is 3. The molecule has 0 saturated carbocycles. The largest absolute Gasteiger partial charge is 1.00 e. The monoisotopic (exact) mass is 358 g/mol. The zero-order chi connectivity index (χ0) is 17.2. The first kappa shape index (κ1) is 19.1. The van der Waals surface area contributed by atoms with Crippen LogP contribution in [0.5, 0.6) is 0 Å². The highest BCUT2D eigenvalue weighted by Crippen LogP contribution is 2.25. The molecule has 0 aliphatic heterocycles. The number of halogens is 1. The van der Waals surface area contributed by atoms with E-state index in [-0.39, 0.29) is 18.3 Å². The van der Waals surface area contributed by atoms with Gasteiger partial charge in [0, 0.05) is 10.8 Å². The Kier molecular flexibility index (Phi) is 5.95. The second-order valence-corrected chi connectivity index (χ2v) is 6.97. The molecule has 1 amide bonds. The number of carbonyl (C=O) groups excluding carboxylic acids is 1. The molecular formula is C19H23ClN4O. The number of amides is 1. The summed E-state index contributed by atoms with van der Waals surface area (Å²) >= 11 is 0. The Morgan fingerprint density at radius 1 is 0.960 bits per heavy atom. The van der Waals surface area contributed by atoms with Gasteiger partial charge >= 0.3 is 0 Å². The van der Waals surface area contributed by atoms with Crippen LogP contribution < -0.4 is 23.3 Å². The van der Waals surface area contributed by atoms with Gasteiger partial charge in [0.2, 0.25) is 0 Å². The molecule has 1 heterocycles. The Morgan fingerprint density at radius 2 is 1.56 bits per heavy atom. The lowest BCUT2D eigenvalue weighted by Crippen LogP contribution is -3.00. The SMILES string of the molecule is C[N+](C)(C)CC(=O)NNCc1nc2ccccc2c2ccccc12.[Cl-]. The van der Waals surface area contributed by atoms with Crippen molar-refractivity contribution >= 4 is 27.6 Å². The van der Waals surface area contributed by atoms with E-state index in [1.165, 1.54) is 5.39 Å². The van der Waals surface area contributed by atoms with Crippen molar-refractivity contribution in [3.63, 3.8) is 0 Å². The molecule has 25 heavy (non-hydrogen) atoms. The van der Waals surface area contributed by atoms with Crippen LogP contribution in [0, 0.1) is 0 Å². The second kappa shape index (κ2) is 7.78. The average Bonchev–Trinajstić information content (AvgIpc) is 2.53. The lowest BCUT2D eigenvalue weighted by Gasteiger charge is -2.22. The van der Waals surface area contributed by atoms with Crippen LogP contribution >= 0.6 is 0 Å². The summed E-state index contributed by atoms with van der Waals surface area (Å²) < 4.78 is 0.588. The molecule has 5 nitrogen and oxygen atoms in total. The normalized spacial score (nSPS) is 11.3. The Labute approximate surface area is 154 Å². The highest BCUT2D eigenvalue weighted by molar-refractivity contribution is 6.06. The molecular weight excluding hydrogens is 336 g/mol. The molecule has 2 N–H and O–H groups in total. The fourth-order valence-corrected chi connectivity index (χ4v) is 2.81. The topological polar surface area (TPSA) is 54.0 Å². The van der Waals surface area contributed by atoms with Crippen LogP contribution in [0.4, 0.5) is 0 Å². The number of pyridine rings is 1. The molecule has 1 aromatic heterocycles. The quantitative estimate of drug-likeness (QED) is 0.357. The summed E-state index contributed by atoms with van der Waals surface area (Å²) in [5.74, 6) is -0.0346. The van der Waals surface area contributed by atoms with Gasteiger partial charge in [-0.25, -0.2) is 5.43 Å². The standard InChI is InChI=1S/C19H22N4O.ClH/c1-23(2,3)13-19(24)22-20-12-18-16-10-5-4-8-14(16)15-9-6-7-11-17(15)21-18;/h4-11,20H,12-13H2,1-3H3;1H. The Bertz CT molecular complexity index is 889. The van der Waals surface area contributed by atoms with Gasteiger partial charge in [-0.3, -0.25) is 15.2 Å². The summed E-state index contributed by atoms with van der Waals surface area (Å²) in [6, 6.07) is 16.3. The number of hydrogen-bond acceptors (Lipinski definition) is 3. The van der Waals surface area contributed by atoms with E-state index < -0.39 is 0 Å². The van der Waals surface area contributed by atoms with E-state index in [0.717, 1.165) is 22.0 Å². The molecule has 0 saturated heterocycles. The van der Waals surface area contributed by atoms with E-state index in [4.69, 9.17) is 4.98 Å². The van der Waals surface area contributed by atoms with Crippen LogP contribution in [0.25, 0.3) is 21.7 Å². The summed E-state index contributed by atoms with van der Waals surface area (Å²) in [6.07, 6.45) is 0. The second-order valence-electron chi connectivity index (χ2n) is 6.97. The summed E-state index contributed by atoms with van der Waals surface area (Å²) in [5.41, 5.74) is 7.65. The van der Waals surface area contributed by atoms with Crippen molar-refractivity contribution < 1.29 is 21.7 Å². The lowest BCUT2D eigenvalue weighted by atomic mass is 10.0. The smallest absolute Gasteiger partial charge is 0.289 e. The maximum Gasteiger partial charge on any atom is 0.289 e. The van der Waals surface area contributed by atoms with Gasteiger partial charge < -0.3 is 16.9 Å². The summed E-state index contributed by atoms with van der Waals surface area (Å²) in [6.45, 7) is 0.896. The van der Waals surface area contributed by atoms with Gasteiger partial charge in [-0.1, -0.05) is 42.5 Å². The number of hydrogen-bond donors (Lipinski definition) is 2. The van der Waals surface area contributed by atoms with Gasteiger partial charge in [-0.15, -0.1) is 0 Å². The third-order valence-electron chi connectivity index (χ3n) is 3.79. The Balaban J connectivity index is 0.00000225. The average molecular weight is 359 g/mol. The molecule has 0 bridgehead atoms. The van der Waals surface area contributed by atoms with Gasteiger partial charge in [-0.05, 0) is 11.5 Å². The van der Waals surface area contributed by atoms with Crippen LogP contribution in [0.3, 0.4) is 0 Å². The van der Waals surface area contributed by atoms with Crippen molar-refractivity contribution in [2.75, 3.05) is 27.7 Å². The molecule has 6 heteroatoms. The molecule has 0 aliphatic rings. The highest BCUT2D eigenvalue weighted by atomic mass is 35.5. The number of para-hydroxylation sites is 1. The molecule has 0 radical (unpaired) electrons. The van der Waals surface area contributed by atoms with Crippen molar-refractivity contribution in [1.82, 2.24) is 15.8 Å². The number of hydrazine groups is 1. The number of nitrogens with one attached hydrogen (secondary N) is 2. The van der Waals surface area contributed by atoms with Crippen LogP contribution in [0.1, 0.15) is 5.69 Å². The number of likely N-dealkylation sites (N-methyl/N-ethyl adjacent to an activating group) is 1. The first-order chi connectivity index (χ1) is 11.4. The fraction of sp³-hybridized carbons (Fsp3) is 0.263. The molecule has 0 atom stereocenters. The van der Waals surface area contributed by atoms with E-state index in [2.05, 4.69) is 29.1 Å². The molecule has 132 valence electrons. The minimum atomic E-state index is -0.0346. The van der Waals surface area contributed by atoms with E-state index in [1.54, 1.807) is 0 Å². The zero-order valence-corrected chi connectivity index (χ0v) is 15.5. The van der Waals surface area contributed by atoms with E-state index in [0.29, 0.717) is 17.6 Å². The van der Waals surface area contributed by atoms with E-state index in [9.17, 15) is 4.79 Å². The predicted molar refractivity (Wildman–Crippen MR) is 97.1 cm³/mol. The van der Waals surface area contributed by atoms with E-state index >= 15 is 0 Å². The number of carbonyl (C=O) groups is 1. The molecule has 3 rings (SSSR count). The van der Waals surface area contributed by atoms with Gasteiger partial charge in [0.1, 0.15) is 0 Å². The first-order valence-corrected chi connectivity index (χ1v) is 8.02. The molecule has 3 aromatic rings. The third-order valence-corrected chi connectivity index (χ3v) is 3.79. The van der Waals surface area contributed by atoms with Crippen LogP contribution in [-0.4, -0.2) is 43.1 Å². The number of rotatable bonds is 5. The van der Waals surface area contributed by atoms with Gasteiger partial charge in [-0.2, -0.15) is 0 Å². The van der Waals surface area contributed by atoms with Crippen molar-refractivity contribution in [3.05, 3.63) is 54.2 Å². The number of quaternary nitrogens is 1. The van der Waals surface area contributed by atoms with Crippen LogP contribution in [0.2, 0.25) is 0 Å². The number of nitrogens with zero attached hydrogens (tertiary/aromatic N) is 2. The van der Waals surface area contributed by atoms with E-state index in [1.807, 2.05) is 51.5 Å². The van der Waals surface area contributed by atoms with Crippen LogP contribution in [-0.2, 0) is 11.3 Å². The van der Waals surface area contributed by atoms with Crippen molar-refractivity contribution in [2.45, 2.75) is 6.54 Å². The van der Waals surface area contributed by atoms with Crippen molar-refractivity contribution in [3.8, 4) is 0 Å². The Morgan fingerprint density at radius 3 is 2.24 bits per heavy atom. The summed E-state index contributed by atoms with van der Waals surface area (Å²) in [5, 5.41) is 3.42. The minimum Gasteiger partial charge on any atom is -1.00 e. The number of benzene rings is 2. The molecule has 0 unspecified atom stereocenters. The van der Waals surface area contributed by atoms with Crippen molar-refractivity contribution in [2.24, 2.45) is 0 Å². The molecule has 0 aliphatic carbocycles. The zero-order valence-electron chi connectivity index (χ0n) is 14.7. The maximum atomic E-state index is 11.9. The third kappa shape index (κ3) is 4.66. The molecule has 0 fully saturated rings. The lowest BCUT2D eigenvalue weighted by molar-refractivity contribution is -0.862. The Hall–Kier alpha value is -2.21. The predicted octanol–water partition coefficient (Wildman–Crippen LogP) is -0.781. The minimum absolute atomic E-state index is 0.